The van der Waals surface area contributed by atoms with Crippen molar-refractivity contribution in [3.05, 3.63) is 91.4 Å². The van der Waals surface area contributed by atoms with E-state index in [9.17, 15) is 14.4 Å². The zero-order chi connectivity index (χ0) is 22.9. The smallest absolute Gasteiger partial charge is 0.317 e. The lowest BCUT2D eigenvalue weighted by Crippen LogP contribution is -2.29. The minimum atomic E-state index is -0.560. The van der Waals surface area contributed by atoms with Crippen molar-refractivity contribution in [2.75, 3.05) is 5.32 Å². The highest BCUT2D eigenvalue weighted by Crippen LogP contribution is 2.20. The molecule has 0 aliphatic carbocycles. The summed E-state index contributed by atoms with van der Waals surface area (Å²) < 4.78 is 2.96. The second kappa shape index (κ2) is 8.23. The second-order valence-corrected chi connectivity index (χ2v) is 7.72. The third-order valence-corrected chi connectivity index (χ3v) is 5.53. The lowest BCUT2D eigenvalue weighted by atomic mass is 10.1. The van der Waals surface area contributed by atoms with Crippen LogP contribution in [0.15, 0.2) is 69.0 Å². The van der Waals surface area contributed by atoms with Crippen LogP contribution in [0.1, 0.15) is 12.0 Å². The summed E-state index contributed by atoms with van der Waals surface area (Å²) in [6.07, 6.45) is 1.51. The first-order valence-corrected chi connectivity index (χ1v) is 10.5. The lowest BCUT2D eigenvalue weighted by Gasteiger charge is -2.10. The van der Waals surface area contributed by atoms with Crippen molar-refractivity contribution >= 4 is 34.0 Å². The quantitative estimate of drug-likeness (QED) is 0.368. The molecule has 0 atom stereocenters. The van der Waals surface area contributed by atoms with Gasteiger partial charge in [0.25, 0.3) is 11.1 Å². The number of hydrogen-bond donors (Lipinski definition) is 3. The molecule has 3 heterocycles. The van der Waals surface area contributed by atoms with Crippen LogP contribution < -0.4 is 22.1 Å². The van der Waals surface area contributed by atoms with Crippen LogP contribution in [0.2, 0.25) is 0 Å². The van der Waals surface area contributed by atoms with Crippen LogP contribution in [0, 0.1) is 0 Å². The fraction of sp³-hybridized carbons (Fsp3) is 0.174. The van der Waals surface area contributed by atoms with Crippen molar-refractivity contribution in [3.8, 4) is 0 Å². The predicted octanol–water partition coefficient (Wildman–Crippen LogP) is 2.04. The number of benzene rings is 2. The molecule has 0 aliphatic rings. The van der Waals surface area contributed by atoms with E-state index in [0.29, 0.717) is 24.0 Å². The Morgan fingerprint density at radius 3 is 2.48 bits per heavy atom. The molecule has 5 aromatic rings. The zero-order valence-corrected chi connectivity index (χ0v) is 17.8. The average molecular weight is 443 g/mol. The van der Waals surface area contributed by atoms with E-state index in [2.05, 4.69) is 25.3 Å². The number of hydrogen-bond acceptors (Lipinski definition) is 6. The summed E-state index contributed by atoms with van der Waals surface area (Å²) in [5.74, 6) is 0.313. The molecule has 166 valence electrons. The number of nitrogens with one attached hydrogen (secondary N) is 3. The van der Waals surface area contributed by atoms with Gasteiger partial charge in [0.05, 0.1) is 11.0 Å². The van der Waals surface area contributed by atoms with Gasteiger partial charge in [0.1, 0.15) is 0 Å². The molecular formula is C23H21N7O3. The van der Waals surface area contributed by atoms with E-state index in [0.717, 1.165) is 6.42 Å². The van der Waals surface area contributed by atoms with Gasteiger partial charge in [-0.3, -0.25) is 19.1 Å². The number of nitrogens with zero attached hydrogens (tertiary/aromatic N) is 4. The molecule has 0 bridgehead atoms. The van der Waals surface area contributed by atoms with E-state index in [1.54, 1.807) is 16.7 Å². The lowest BCUT2D eigenvalue weighted by molar-refractivity contribution is 0.660. The van der Waals surface area contributed by atoms with Gasteiger partial charge >= 0.3 is 5.69 Å². The van der Waals surface area contributed by atoms with Gasteiger partial charge in [-0.15, -0.1) is 0 Å². The van der Waals surface area contributed by atoms with Gasteiger partial charge in [-0.2, -0.15) is 4.98 Å². The van der Waals surface area contributed by atoms with E-state index in [4.69, 9.17) is 0 Å². The molecule has 0 radical (unpaired) electrons. The highest BCUT2D eigenvalue weighted by molar-refractivity contribution is 5.77. The number of anilines is 2. The maximum Gasteiger partial charge on any atom is 0.329 e. The van der Waals surface area contributed by atoms with Crippen molar-refractivity contribution < 1.29 is 0 Å². The summed E-state index contributed by atoms with van der Waals surface area (Å²) >= 11 is 0. The number of aryl methyl sites for hydroxylation is 3. The number of aromatic amines is 2. The summed E-state index contributed by atoms with van der Waals surface area (Å²) in [6.45, 7) is 0.445. The maximum absolute atomic E-state index is 12.7. The highest BCUT2D eigenvalue weighted by atomic mass is 16.2. The Balaban J connectivity index is 1.58. The van der Waals surface area contributed by atoms with Gasteiger partial charge in [-0.05, 0) is 30.5 Å². The molecule has 3 N–H and O–H groups in total. The zero-order valence-electron chi connectivity index (χ0n) is 17.8. The number of fused-ring (bicyclic) bond motifs is 2. The molecule has 33 heavy (non-hydrogen) atoms. The average Bonchev–Trinajstić information content (AvgIpc) is 3.17. The normalized spacial score (nSPS) is 11.3. The van der Waals surface area contributed by atoms with Crippen molar-refractivity contribution in [2.45, 2.75) is 19.4 Å². The standard InChI is InChI=1S/C23H21N7O3/c1-29-19-17(20(31)28-23(29)33)30(13-7-10-14-8-3-2-4-9-14)22(27-19)26-18-21(32)25-16-12-6-5-11-15(16)24-18/h2-6,8-9,11-12H,7,10,13H2,1H3,(H,25,32)(H,24,26,27)(H,28,31,33). The van der Waals surface area contributed by atoms with Crippen LogP contribution in [0.5, 0.6) is 0 Å². The van der Waals surface area contributed by atoms with Crippen LogP contribution in [-0.2, 0) is 20.0 Å². The van der Waals surface area contributed by atoms with Crippen molar-refractivity contribution in [1.29, 1.82) is 0 Å². The van der Waals surface area contributed by atoms with E-state index in [-0.39, 0.29) is 22.9 Å². The predicted molar refractivity (Wildman–Crippen MR) is 126 cm³/mol. The Bertz CT molecular complexity index is 1640. The van der Waals surface area contributed by atoms with Gasteiger partial charge in [0, 0.05) is 13.6 Å². The summed E-state index contributed by atoms with van der Waals surface area (Å²) in [6, 6.07) is 17.2. The molecule has 0 fully saturated rings. The SMILES string of the molecule is Cn1c(=O)[nH]c(=O)c2c1nc(Nc1nc3ccccc3[nH]c1=O)n2CCCc1ccccc1. The van der Waals surface area contributed by atoms with E-state index < -0.39 is 16.8 Å². The molecule has 3 aromatic heterocycles. The first kappa shape index (κ1) is 20.4. The molecule has 0 unspecified atom stereocenters. The molecule has 0 amide bonds. The Hall–Kier alpha value is -4.47. The molecule has 0 aliphatic heterocycles. The Morgan fingerprint density at radius 2 is 1.67 bits per heavy atom. The van der Waals surface area contributed by atoms with Crippen molar-refractivity contribution in [3.63, 3.8) is 0 Å². The molecule has 0 saturated heterocycles. The summed E-state index contributed by atoms with van der Waals surface area (Å²) in [7, 11) is 1.53. The van der Waals surface area contributed by atoms with Crippen LogP contribution in [0.3, 0.4) is 0 Å². The summed E-state index contributed by atoms with van der Waals surface area (Å²) in [5.41, 5.74) is 1.36. The third kappa shape index (κ3) is 3.82. The minimum absolute atomic E-state index is 0.0507. The monoisotopic (exact) mass is 443 g/mol. The van der Waals surface area contributed by atoms with Crippen LogP contribution in [-0.4, -0.2) is 29.1 Å². The largest absolute Gasteiger partial charge is 0.329 e. The number of H-pyrrole nitrogens is 2. The van der Waals surface area contributed by atoms with Crippen molar-refractivity contribution in [1.82, 2.24) is 29.1 Å². The molecule has 0 saturated carbocycles. The van der Waals surface area contributed by atoms with Gasteiger partial charge in [0.2, 0.25) is 5.95 Å². The van der Waals surface area contributed by atoms with Gasteiger partial charge in [0.15, 0.2) is 17.0 Å². The fourth-order valence-electron chi connectivity index (χ4n) is 3.85. The summed E-state index contributed by atoms with van der Waals surface area (Å²) in [5, 5.41) is 2.97. The molecular weight excluding hydrogens is 422 g/mol. The van der Waals surface area contributed by atoms with Crippen molar-refractivity contribution in [2.24, 2.45) is 7.05 Å². The summed E-state index contributed by atoms with van der Waals surface area (Å²) in [4.78, 5) is 51.4. The Kier molecular flexibility index (Phi) is 5.09. The van der Waals surface area contributed by atoms with Gasteiger partial charge in [-0.1, -0.05) is 42.5 Å². The number of aromatic nitrogens is 6. The van der Waals surface area contributed by atoms with Crippen LogP contribution >= 0.6 is 0 Å². The number of para-hydroxylation sites is 2. The number of imidazole rings is 1. The fourth-order valence-corrected chi connectivity index (χ4v) is 3.85. The van der Waals surface area contributed by atoms with Crippen LogP contribution in [0.25, 0.3) is 22.2 Å². The van der Waals surface area contributed by atoms with Gasteiger partial charge < -0.3 is 14.9 Å². The van der Waals surface area contributed by atoms with Gasteiger partial charge in [-0.25, -0.2) is 9.78 Å². The third-order valence-electron chi connectivity index (χ3n) is 5.53. The molecule has 10 nitrogen and oxygen atoms in total. The topological polar surface area (TPSA) is 130 Å². The molecule has 10 heteroatoms. The molecule has 2 aromatic carbocycles. The van der Waals surface area contributed by atoms with E-state index in [1.807, 2.05) is 42.5 Å². The second-order valence-electron chi connectivity index (χ2n) is 7.72. The first-order valence-electron chi connectivity index (χ1n) is 10.5. The number of rotatable bonds is 6. The minimum Gasteiger partial charge on any atom is -0.317 e. The Labute approximate surface area is 186 Å². The first-order chi connectivity index (χ1) is 16.0. The molecule has 0 spiro atoms. The highest BCUT2D eigenvalue weighted by Gasteiger charge is 2.18. The van der Waals surface area contributed by atoms with E-state index >= 15 is 0 Å². The Morgan fingerprint density at radius 1 is 0.909 bits per heavy atom. The molecule has 5 rings (SSSR count). The van der Waals surface area contributed by atoms with Crippen LogP contribution in [0.4, 0.5) is 11.8 Å². The maximum atomic E-state index is 12.7. The van der Waals surface area contributed by atoms with E-state index in [1.165, 1.54) is 17.2 Å².